The number of carboxylic acid groups (broad SMARTS) is 1. The Morgan fingerprint density at radius 2 is 2.00 bits per heavy atom. The number of carbonyl (C=O) groups excluding carboxylic acids is 1. The van der Waals surface area contributed by atoms with Gasteiger partial charge in [0, 0.05) is 32.5 Å². The number of amides is 1. The van der Waals surface area contributed by atoms with Crippen LogP contribution in [0.3, 0.4) is 0 Å². The highest BCUT2D eigenvalue weighted by Crippen LogP contribution is 2.42. The highest BCUT2D eigenvalue weighted by Gasteiger charge is 2.50. The van der Waals surface area contributed by atoms with Crippen LogP contribution in [0.15, 0.2) is 4.79 Å². The van der Waals surface area contributed by atoms with Gasteiger partial charge in [-0.15, -0.1) is 5.10 Å². The Bertz CT molecular complexity index is 1090. The molecule has 2 atom stereocenters. The Balaban J connectivity index is 1.64. The lowest BCUT2D eigenvalue weighted by Gasteiger charge is -2.42. The zero-order valence-corrected chi connectivity index (χ0v) is 19.0. The molecule has 11 nitrogen and oxygen atoms in total. The minimum atomic E-state index is -1.05. The van der Waals surface area contributed by atoms with Gasteiger partial charge in [-0.25, -0.2) is 4.79 Å². The lowest BCUT2D eigenvalue weighted by Crippen LogP contribution is -2.54. The topological polar surface area (TPSA) is 132 Å². The lowest BCUT2D eigenvalue weighted by molar-refractivity contribution is 0.0918. The minimum Gasteiger partial charge on any atom is -0.465 e. The van der Waals surface area contributed by atoms with Crippen molar-refractivity contribution in [3.05, 3.63) is 14.1 Å². The summed E-state index contributed by atoms with van der Waals surface area (Å²) in [4.78, 5) is 42.6. The number of hydrogen-bond acceptors (Lipinski definition) is 7. The van der Waals surface area contributed by atoms with Gasteiger partial charge in [-0.05, 0) is 42.4 Å². The molecule has 0 aromatic carbocycles. The number of aromatic nitrogens is 4. The zero-order chi connectivity index (χ0) is 21.8. The van der Waals surface area contributed by atoms with E-state index in [9.17, 15) is 19.5 Å². The van der Waals surface area contributed by atoms with Crippen LogP contribution in [0, 0.1) is 9.12 Å². The molecule has 2 fully saturated rings. The highest BCUT2D eigenvalue weighted by atomic mass is 127. The molecule has 0 bridgehead atoms. The first-order valence-corrected chi connectivity index (χ1v) is 10.7. The number of nitrogens with zero attached hydrogens (tertiary/aromatic N) is 5. The third-order valence-corrected chi connectivity index (χ3v) is 7.21. The van der Waals surface area contributed by atoms with Gasteiger partial charge in [-0.3, -0.25) is 14.2 Å². The molecule has 30 heavy (non-hydrogen) atoms. The molecule has 2 aromatic heterocycles. The number of fused-ring (bicyclic) bond motifs is 1. The summed E-state index contributed by atoms with van der Waals surface area (Å²) in [6.07, 6.45) is 0.166. The van der Waals surface area contributed by atoms with Crippen molar-refractivity contribution in [2.24, 2.45) is 12.5 Å². The van der Waals surface area contributed by atoms with Crippen molar-refractivity contribution in [3.63, 3.8) is 0 Å². The van der Waals surface area contributed by atoms with Gasteiger partial charge in [-0.1, -0.05) is 0 Å². The number of hydrogen-bond donors (Lipinski definition) is 2. The smallest absolute Gasteiger partial charge is 0.404 e. The van der Waals surface area contributed by atoms with Crippen LogP contribution in [0.4, 0.5) is 10.7 Å². The van der Waals surface area contributed by atoms with E-state index in [0.717, 1.165) is 0 Å². The zero-order valence-electron chi connectivity index (χ0n) is 16.9. The largest absolute Gasteiger partial charge is 0.465 e. The maximum absolute atomic E-state index is 12.9. The van der Waals surface area contributed by atoms with Gasteiger partial charge in [0.25, 0.3) is 5.56 Å². The number of anilines is 1. The van der Waals surface area contributed by atoms with Crippen molar-refractivity contribution in [1.29, 1.82) is 0 Å². The normalized spacial score (nSPS) is 23.3. The van der Waals surface area contributed by atoms with E-state index in [0.29, 0.717) is 47.6 Å². The van der Waals surface area contributed by atoms with Gasteiger partial charge in [0.15, 0.2) is 5.65 Å². The maximum atomic E-state index is 12.9. The van der Waals surface area contributed by atoms with Gasteiger partial charge in [0.05, 0.1) is 18.8 Å². The van der Waals surface area contributed by atoms with E-state index < -0.39 is 6.09 Å². The summed E-state index contributed by atoms with van der Waals surface area (Å²) in [7, 11) is 1.66. The second-order valence-corrected chi connectivity index (χ2v) is 9.01. The van der Waals surface area contributed by atoms with Crippen molar-refractivity contribution in [1.82, 2.24) is 24.6 Å². The molecule has 4 rings (SSSR count). The molecule has 2 aliphatic heterocycles. The van der Waals surface area contributed by atoms with E-state index in [1.165, 1.54) is 16.2 Å². The van der Waals surface area contributed by atoms with Crippen molar-refractivity contribution in [3.8, 4) is 0 Å². The van der Waals surface area contributed by atoms with E-state index >= 15 is 0 Å². The molecule has 0 saturated carbocycles. The summed E-state index contributed by atoms with van der Waals surface area (Å²) in [6.45, 7) is 4.97. The van der Waals surface area contributed by atoms with Crippen molar-refractivity contribution in [2.45, 2.75) is 38.8 Å². The molecular formula is C18H23IN6O5. The SMILES string of the molecule is CC(=O)n1nc2nc(N3CCC4(CC3)CO[C@@H](C)[C@H]4NC(=O)O)n(C)c(=O)c2c1I. The summed E-state index contributed by atoms with van der Waals surface area (Å²) in [5.74, 6) is 0.204. The van der Waals surface area contributed by atoms with Gasteiger partial charge in [0.2, 0.25) is 11.9 Å². The third-order valence-electron chi connectivity index (χ3n) is 6.22. The molecule has 2 N–H and O–H groups in total. The van der Waals surface area contributed by atoms with Crippen LogP contribution < -0.4 is 15.8 Å². The Hall–Kier alpha value is -2.22. The van der Waals surface area contributed by atoms with Gasteiger partial charge >= 0.3 is 6.09 Å². The van der Waals surface area contributed by atoms with E-state index in [2.05, 4.69) is 15.4 Å². The van der Waals surface area contributed by atoms with E-state index in [4.69, 9.17) is 4.74 Å². The fourth-order valence-corrected chi connectivity index (χ4v) is 5.48. The van der Waals surface area contributed by atoms with Crippen molar-refractivity contribution >= 4 is 51.6 Å². The Morgan fingerprint density at radius 1 is 1.33 bits per heavy atom. The molecule has 1 amide bonds. The standard InChI is InChI=1S/C18H23IN6O5/c1-9-12(20-17(28)29)18(8-30-9)4-6-24(7-5-18)16-21-14-11(15(27)23(16)3)13(19)25(22-14)10(2)26/h9,12,20H,4-8H2,1-3H3,(H,28,29)/t9-,12+/m0/s1. The summed E-state index contributed by atoms with van der Waals surface area (Å²) >= 11 is 1.94. The predicted molar refractivity (Wildman–Crippen MR) is 116 cm³/mol. The first-order valence-electron chi connectivity index (χ1n) is 9.67. The minimum absolute atomic E-state index is 0.191. The number of carbonyl (C=O) groups is 2. The van der Waals surface area contributed by atoms with Gasteiger partial charge in [-0.2, -0.15) is 9.67 Å². The van der Waals surface area contributed by atoms with E-state index in [-0.39, 0.29) is 34.7 Å². The van der Waals surface area contributed by atoms with E-state index in [1.54, 1.807) is 7.05 Å². The molecule has 2 saturated heterocycles. The molecule has 1 spiro atoms. The molecule has 4 heterocycles. The maximum Gasteiger partial charge on any atom is 0.404 e. The molecule has 0 aliphatic carbocycles. The quantitative estimate of drug-likeness (QED) is 0.551. The van der Waals surface area contributed by atoms with Crippen LogP contribution >= 0.6 is 22.6 Å². The van der Waals surface area contributed by atoms with E-state index in [1.807, 2.05) is 34.4 Å². The Kier molecular flexibility index (Phi) is 5.24. The number of halogens is 1. The lowest BCUT2D eigenvalue weighted by atomic mass is 9.73. The second kappa shape index (κ2) is 7.48. The molecule has 0 unspecified atom stereocenters. The molecule has 2 aromatic rings. The Labute approximate surface area is 185 Å². The molecule has 12 heteroatoms. The van der Waals surface area contributed by atoms with Crippen molar-refractivity contribution in [2.75, 3.05) is 24.6 Å². The fraction of sp³-hybridized carbons (Fsp3) is 0.611. The van der Waals surface area contributed by atoms with Gasteiger partial charge < -0.3 is 20.1 Å². The second-order valence-electron chi connectivity index (χ2n) is 7.99. The first-order chi connectivity index (χ1) is 14.1. The monoisotopic (exact) mass is 530 g/mol. The average molecular weight is 530 g/mol. The number of nitrogens with one attached hydrogen (secondary N) is 1. The summed E-state index contributed by atoms with van der Waals surface area (Å²) in [6, 6.07) is -0.274. The van der Waals surface area contributed by atoms with Crippen LogP contribution in [0.25, 0.3) is 11.0 Å². The summed E-state index contributed by atoms with van der Waals surface area (Å²) in [5.41, 5.74) is -0.283. The predicted octanol–water partition coefficient (Wildman–Crippen LogP) is 1.04. The molecule has 162 valence electrons. The summed E-state index contributed by atoms with van der Waals surface area (Å²) < 4.78 is 8.90. The summed E-state index contributed by atoms with van der Waals surface area (Å²) in [5, 5.41) is 16.4. The van der Waals surface area contributed by atoms with Crippen LogP contribution in [-0.4, -0.2) is 68.3 Å². The Morgan fingerprint density at radius 3 is 2.60 bits per heavy atom. The number of rotatable bonds is 2. The molecule has 0 radical (unpaired) electrons. The molecular weight excluding hydrogens is 507 g/mol. The fourth-order valence-electron chi connectivity index (χ4n) is 4.56. The van der Waals surface area contributed by atoms with Crippen LogP contribution in [-0.2, 0) is 11.8 Å². The van der Waals surface area contributed by atoms with Crippen LogP contribution in [0.1, 0.15) is 31.5 Å². The average Bonchev–Trinajstić information content (AvgIpc) is 3.18. The van der Waals surface area contributed by atoms with Crippen LogP contribution in [0.5, 0.6) is 0 Å². The first kappa shape index (κ1) is 21.0. The highest BCUT2D eigenvalue weighted by molar-refractivity contribution is 14.1. The van der Waals surface area contributed by atoms with Crippen LogP contribution in [0.2, 0.25) is 0 Å². The number of ether oxygens (including phenoxy) is 1. The molecule has 2 aliphatic rings. The third kappa shape index (κ3) is 3.25. The van der Waals surface area contributed by atoms with Crippen molar-refractivity contribution < 1.29 is 19.4 Å². The van der Waals surface area contributed by atoms with Gasteiger partial charge in [0.1, 0.15) is 9.09 Å². The number of piperidine rings is 1.